The Labute approximate surface area is 116 Å². The molecule has 0 N–H and O–H groups in total. The molecule has 0 spiro atoms. The highest BCUT2D eigenvalue weighted by Gasteiger charge is 2.17. The van der Waals surface area contributed by atoms with Crippen LogP contribution in [0.25, 0.3) is 11.1 Å². The van der Waals surface area contributed by atoms with Crippen molar-refractivity contribution >= 4 is 11.6 Å². The summed E-state index contributed by atoms with van der Waals surface area (Å²) in [5, 5.41) is 0.353. The molecule has 4 heteroatoms. The van der Waals surface area contributed by atoms with E-state index in [1.54, 1.807) is 26.4 Å². The Morgan fingerprint density at radius 3 is 2.05 bits per heavy atom. The summed E-state index contributed by atoms with van der Waals surface area (Å²) in [6, 6.07) is 8.21. The predicted octanol–water partition coefficient (Wildman–Crippen LogP) is 4.47. The summed E-state index contributed by atoms with van der Waals surface area (Å²) in [7, 11) is 3.09. The average molecular weight is 281 g/mol. The maximum atomic E-state index is 14.1. The molecule has 2 aromatic carbocycles. The molecule has 2 nitrogen and oxygen atoms in total. The van der Waals surface area contributed by atoms with Gasteiger partial charge in [0.25, 0.3) is 0 Å². The first-order chi connectivity index (χ1) is 9.06. The van der Waals surface area contributed by atoms with Crippen molar-refractivity contribution in [2.45, 2.75) is 6.92 Å². The van der Waals surface area contributed by atoms with Crippen LogP contribution in [-0.4, -0.2) is 14.2 Å². The molecule has 0 saturated carbocycles. The van der Waals surface area contributed by atoms with Gasteiger partial charge in [-0.25, -0.2) is 4.39 Å². The van der Waals surface area contributed by atoms with Crippen LogP contribution in [0.5, 0.6) is 11.5 Å². The Hall–Kier alpha value is -1.74. The summed E-state index contributed by atoms with van der Waals surface area (Å²) in [5.74, 6) is 0.726. The zero-order valence-electron chi connectivity index (χ0n) is 11.0. The first-order valence-corrected chi connectivity index (χ1v) is 6.12. The van der Waals surface area contributed by atoms with Gasteiger partial charge < -0.3 is 9.47 Å². The number of aryl methyl sites for hydroxylation is 1. The molecular formula is C15H14ClFO2. The minimum Gasteiger partial charge on any atom is -0.496 e. The van der Waals surface area contributed by atoms with Crippen LogP contribution >= 0.6 is 11.6 Å². The largest absolute Gasteiger partial charge is 0.496 e. The highest BCUT2D eigenvalue weighted by molar-refractivity contribution is 6.30. The second-order valence-electron chi connectivity index (χ2n) is 4.17. The smallest absolute Gasteiger partial charge is 0.132 e. The van der Waals surface area contributed by atoms with E-state index in [0.717, 1.165) is 5.56 Å². The molecule has 0 aliphatic carbocycles. The number of halogens is 2. The zero-order chi connectivity index (χ0) is 14.0. The number of hydrogen-bond donors (Lipinski definition) is 0. The molecule has 0 atom stereocenters. The fourth-order valence-electron chi connectivity index (χ4n) is 2.00. The average Bonchev–Trinajstić information content (AvgIpc) is 2.38. The van der Waals surface area contributed by atoms with Gasteiger partial charge >= 0.3 is 0 Å². The Morgan fingerprint density at radius 2 is 1.58 bits per heavy atom. The van der Waals surface area contributed by atoms with Crippen LogP contribution in [-0.2, 0) is 0 Å². The van der Waals surface area contributed by atoms with E-state index < -0.39 is 5.82 Å². The minimum absolute atomic E-state index is 0.353. The Kier molecular flexibility index (Phi) is 3.96. The maximum Gasteiger partial charge on any atom is 0.132 e. The summed E-state index contributed by atoms with van der Waals surface area (Å²) in [6.45, 7) is 1.92. The van der Waals surface area contributed by atoms with E-state index in [2.05, 4.69) is 0 Å². The van der Waals surface area contributed by atoms with Crippen molar-refractivity contribution in [3.63, 3.8) is 0 Å². The van der Waals surface area contributed by atoms with Crippen molar-refractivity contribution in [3.8, 4) is 22.6 Å². The normalized spacial score (nSPS) is 10.4. The summed E-state index contributed by atoms with van der Waals surface area (Å²) in [6.07, 6.45) is 0. The number of rotatable bonds is 3. The fraction of sp³-hybridized carbons (Fsp3) is 0.200. The summed E-state index contributed by atoms with van der Waals surface area (Å²) in [4.78, 5) is 0. The monoisotopic (exact) mass is 280 g/mol. The van der Waals surface area contributed by atoms with Crippen LogP contribution in [0.2, 0.25) is 5.02 Å². The van der Waals surface area contributed by atoms with Gasteiger partial charge in [-0.05, 0) is 42.8 Å². The summed E-state index contributed by atoms with van der Waals surface area (Å²) < 4.78 is 24.7. The third-order valence-electron chi connectivity index (χ3n) is 2.85. The molecule has 0 fully saturated rings. The first kappa shape index (κ1) is 13.7. The Morgan fingerprint density at radius 1 is 1.00 bits per heavy atom. The van der Waals surface area contributed by atoms with E-state index in [0.29, 0.717) is 27.6 Å². The van der Waals surface area contributed by atoms with Crippen LogP contribution in [0, 0.1) is 12.7 Å². The predicted molar refractivity (Wildman–Crippen MR) is 74.7 cm³/mol. The van der Waals surface area contributed by atoms with Crippen molar-refractivity contribution in [1.29, 1.82) is 0 Å². The molecule has 0 unspecified atom stereocenters. The lowest BCUT2D eigenvalue weighted by molar-refractivity contribution is 0.396. The Balaban J connectivity index is 2.72. The quantitative estimate of drug-likeness (QED) is 0.826. The van der Waals surface area contributed by atoms with Gasteiger partial charge in [0.15, 0.2) is 0 Å². The van der Waals surface area contributed by atoms with Crippen molar-refractivity contribution < 1.29 is 13.9 Å². The van der Waals surface area contributed by atoms with Gasteiger partial charge in [0, 0.05) is 10.6 Å². The van der Waals surface area contributed by atoms with Gasteiger partial charge in [0.1, 0.15) is 17.3 Å². The third kappa shape index (κ3) is 2.66. The standard InChI is InChI=1S/C15H14ClFO2/c1-9-6-13(18-2)15(14(7-9)19-3)11-5-4-10(16)8-12(11)17/h4-8H,1-3H3. The molecule has 0 radical (unpaired) electrons. The minimum atomic E-state index is -0.409. The molecule has 0 saturated heterocycles. The molecule has 0 aliphatic rings. The maximum absolute atomic E-state index is 14.1. The number of hydrogen-bond acceptors (Lipinski definition) is 2. The van der Waals surface area contributed by atoms with E-state index in [4.69, 9.17) is 21.1 Å². The van der Waals surface area contributed by atoms with Crippen LogP contribution in [0.4, 0.5) is 4.39 Å². The van der Waals surface area contributed by atoms with Gasteiger partial charge in [-0.2, -0.15) is 0 Å². The highest BCUT2D eigenvalue weighted by Crippen LogP contribution is 2.41. The lowest BCUT2D eigenvalue weighted by atomic mass is 10.0. The molecule has 2 aromatic rings. The van der Waals surface area contributed by atoms with Crippen molar-refractivity contribution in [3.05, 3.63) is 46.7 Å². The van der Waals surface area contributed by atoms with Gasteiger partial charge in [-0.1, -0.05) is 11.6 Å². The molecule has 0 bridgehead atoms. The molecule has 0 amide bonds. The van der Waals surface area contributed by atoms with Crippen LogP contribution in [0.3, 0.4) is 0 Å². The summed E-state index contributed by atoms with van der Waals surface area (Å²) >= 11 is 5.77. The highest BCUT2D eigenvalue weighted by atomic mass is 35.5. The fourth-order valence-corrected chi connectivity index (χ4v) is 2.16. The molecular weight excluding hydrogens is 267 g/mol. The molecule has 0 aromatic heterocycles. The topological polar surface area (TPSA) is 18.5 Å². The van der Waals surface area contributed by atoms with E-state index >= 15 is 0 Å². The van der Waals surface area contributed by atoms with Crippen LogP contribution < -0.4 is 9.47 Å². The van der Waals surface area contributed by atoms with Crippen molar-refractivity contribution in [2.24, 2.45) is 0 Å². The van der Waals surface area contributed by atoms with Gasteiger partial charge in [-0.15, -0.1) is 0 Å². The van der Waals surface area contributed by atoms with Gasteiger partial charge in [0.2, 0.25) is 0 Å². The number of benzene rings is 2. The number of ether oxygens (including phenoxy) is 2. The number of methoxy groups -OCH3 is 2. The third-order valence-corrected chi connectivity index (χ3v) is 3.09. The SMILES string of the molecule is COc1cc(C)cc(OC)c1-c1ccc(Cl)cc1F. The second kappa shape index (κ2) is 5.49. The van der Waals surface area contributed by atoms with E-state index in [9.17, 15) is 4.39 Å². The van der Waals surface area contributed by atoms with Gasteiger partial charge in [0.05, 0.1) is 19.8 Å². The van der Waals surface area contributed by atoms with E-state index in [1.165, 1.54) is 6.07 Å². The van der Waals surface area contributed by atoms with E-state index in [1.807, 2.05) is 19.1 Å². The summed E-state index contributed by atoms with van der Waals surface area (Å²) in [5.41, 5.74) is 1.97. The second-order valence-corrected chi connectivity index (χ2v) is 4.61. The van der Waals surface area contributed by atoms with Crippen LogP contribution in [0.1, 0.15) is 5.56 Å². The first-order valence-electron chi connectivity index (χ1n) is 5.75. The molecule has 19 heavy (non-hydrogen) atoms. The van der Waals surface area contributed by atoms with E-state index in [-0.39, 0.29) is 0 Å². The van der Waals surface area contributed by atoms with Crippen molar-refractivity contribution in [2.75, 3.05) is 14.2 Å². The van der Waals surface area contributed by atoms with Gasteiger partial charge in [-0.3, -0.25) is 0 Å². The molecule has 0 heterocycles. The molecule has 0 aliphatic heterocycles. The molecule has 100 valence electrons. The Bertz CT molecular complexity index is 586. The van der Waals surface area contributed by atoms with Crippen molar-refractivity contribution in [1.82, 2.24) is 0 Å². The lowest BCUT2D eigenvalue weighted by Crippen LogP contribution is -1.96. The molecule has 2 rings (SSSR count). The zero-order valence-corrected chi connectivity index (χ0v) is 11.7. The van der Waals surface area contributed by atoms with Crippen LogP contribution in [0.15, 0.2) is 30.3 Å². The lowest BCUT2D eigenvalue weighted by Gasteiger charge is -2.15.